The zero-order valence-electron chi connectivity index (χ0n) is 7.06. The average molecular weight is 152 g/mol. The number of nitrogens with two attached hydrogens (primary N) is 2. The molecule has 0 aromatic heterocycles. The normalized spacial score (nSPS) is 49.2. The van der Waals surface area contributed by atoms with Gasteiger partial charge in [0.1, 0.15) is 0 Å². The van der Waals surface area contributed by atoms with Crippen LogP contribution in [0.5, 0.6) is 0 Å². The summed E-state index contributed by atoms with van der Waals surface area (Å²) in [4.78, 5) is 0. The predicted molar refractivity (Wildman–Crippen MR) is 46.1 cm³/mol. The molecule has 2 bridgehead atoms. The maximum atomic E-state index is 6.15. The molecule has 1 fully saturated rings. The molecule has 2 aliphatic rings. The molecule has 2 nitrogen and oxygen atoms in total. The zero-order chi connectivity index (χ0) is 8.11. The molecule has 2 heteroatoms. The summed E-state index contributed by atoms with van der Waals surface area (Å²) in [6.45, 7) is 2.07. The van der Waals surface area contributed by atoms with Gasteiger partial charge in [0.05, 0.1) is 0 Å². The van der Waals surface area contributed by atoms with Crippen LogP contribution in [0.3, 0.4) is 0 Å². The van der Waals surface area contributed by atoms with Crippen molar-refractivity contribution in [3.8, 4) is 0 Å². The Morgan fingerprint density at radius 3 is 2.82 bits per heavy atom. The lowest BCUT2D eigenvalue weighted by Crippen LogP contribution is -2.50. The van der Waals surface area contributed by atoms with Gasteiger partial charge in [-0.2, -0.15) is 0 Å². The van der Waals surface area contributed by atoms with Crippen molar-refractivity contribution < 1.29 is 0 Å². The van der Waals surface area contributed by atoms with E-state index in [1.807, 2.05) is 0 Å². The third-order valence-corrected chi connectivity index (χ3v) is 2.79. The van der Waals surface area contributed by atoms with E-state index >= 15 is 0 Å². The fraction of sp³-hybridized carbons (Fsp3) is 0.778. The summed E-state index contributed by atoms with van der Waals surface area (Å²) >= 11 is 0. The predicted octanol–water partition coefficient (Wildman–Crippen LogP) is 0.915. The van der Waals surface area contributed by atoms with Crippen LogP contribution in [0.4, 0.5) is 0 Å². The molecule has 4 N–H and O–H groups in total. The van der Waals surface area contributed by atoms with Gasteiger partial charge in [-0.1, -0.05) is 11.6 Å². The van der Waals surface area contributed by atoms with E-state index in [1.165, 1.54) is 12.0 Å². The second-order valence-electron chi connectivity index (χ2n) is 4.52. The Kier molecular flexibility index (Phi) is 1.25. The summed E-state index contributed by atoms with van der Waals surface area (Å²) in [6, 6.07) is 0. The number of fused-ring (bicyclic) bond motifs is 2. The first-order valence-electron chi connectivity index (χ1n) is 4.28. The van der Waals surface area contributed by atoms with E-state index in [2.05, 4.69) is 13.0 Å². The van der Waals surface area contributed by atoms with Gasteiger partial charge in [0, 0.05) is 11.1 Å². The van der Waals surface area contributed by atoms with Crippen LogP contribution in [0, 0.1) is 0 Å². The average Bonchev–Trinajstić information content (AvgIpc) is 2.03. The highest BCUT2D eigenvalue weighted by Crippen LogP contribution is 2.42. The smallest absolute Gasteiger partial charge is 0.0330 e. The van der Waals surface area contributed by atoms with E-state index in [0.29, 0.717) is 0 Å². The lowest BCUT2D eigenvalue weighted by Gasteiger charge is -2.35. The van der Waals surface area contributed by atoms with Crippen molar-refractivity contribution in [2.45, 2.75) is 43.7 Å². The molecule has 2 aliphatic carbocycles. The van der Waals surface area contributed by atoms with Crippen molar-refractivity contribution in [1.82, 2.24) is 0 Å². The molecule has 62 valence electrons. The molecule has 11 heavy (non-hydrogen) atoms. The molecule has 0 heterocycles. The van der Waals surface area contributed by atoms with Gasteiger partial charge < -0.3 is 11.5 Å². The van der Waals surface area contributed by atoms with Crippen LogP contribution in [-0.2, 0) is 0 Å². The van der Waals surface area contributed by atoms with Crippen molar-refractivity contribution in [2.24, 2.45) is 11.5 Å². The van der Waals surface area contributed by atoms with Crippen molar-refractivity contribution in [2.75, 3.05) is 0 Å². The van der Waals surface area contributed by atoms with Gasteiger partial charge in [-0.25, -0.2) is 0 Å². The van der Waals surface area contributed by atoms with Gasteiger partial charge in [-0.15, -0.1) is 0 Å². The summed E-state index contributed by atoms with van der Waals surface area (Å²) in [6.07, 6.45) is 6.54. The molecule has 0 saturated heterocycles. The highest BCUT2D eigenvalue weighted by atomic mass is 14.8. The van der Waals surface area contributed by atoms with Crippen molar-refractivity contribution in [3.05, 3.63) is 11.6 Å². The second kappa shape index (κ2) is 1.87. The number of hydrogen-bond donors (Lipinski definition) is 2. The highest BCUT2D eigenvalue weighted by molar-refractivity contribution is 5.27. The summed E-state index contributed by atoms with van der Waals surface area (Å²) in [5.41, 5.74) is 13.6. The van der Waals surface area contributed by atoms with Gasteiger partial charge in [-0.3, -0.25) is 0 Å². The highest BCUT2D eigenvalue weighted by Gasteiger charge is 2.41. The standard InChI is InChI=1S/C9H16N2/c1-8(10)4-7-2-3-9(11,5-7)6-8/h4H,2-3,5-6,10-11H2,1H3. The van der Waals surface area contributed by atoms with E-state index in [-0.39, 0.29) is 11.1 Å². The van der Waals surface area contributed by atoms with Crippen LogP contribution in [0.1, 0.15) is 32.6 Å². The van der Waals surface area contributed by atoms with Crippen LogP contribution in [-0.4, -0.2) is 11.1 Å². The fourth-order valence-electron chi connectivity index (χ4n) is 2.59. The third kappa shape index (κ3) is 1.21. The van der Waals surface area contributed by atoms with E-state index in [1.54, 1.807) is 0 Å². The molecule has 2 unspecified atom stereocenters. The molecule has 0 radical (unpaired) electrons. The van der Waals surface area contributed by atoms with Gasteiger partial charge in [0.25, 0.3) is 0 Å². The fourth-order valence-corrected chi connectivity index (χ4v) is 2.59. The first-order chi connectivity index (χ1) is 4.99. The molecular formula is C9H16N2. The van der Waals surface area contributed by atoms with Crippen LogP contribution in [0.2, 0.25) is 0 Å². The first-order valence-corrected chi connectivity index (χ1v) is 4.28. The van der Waals surface area contributed by atoms with Crippen molar-refractivity contribution >= 4 is 0 Å². The van der Waals surface area contributed by atoms with Gasteiger partial charge in [0.15, 0.2) is 0 Å². The van der Waals surface area contributed by atoms with Crippen LogP contribution >= 0.6 is 0 Å². The minimum atomic E-state index is -0.140. The van der Waals surface area contributed by atoms with E-state index < -0.39 is 0 Å². The maximum absolute atomic E-state index is 6.15. The SMILES string of the molecule is CC1(N)C=C2CCC(N)(C2)C1. The van der Waals surface area contributed by atoms with E-state index in [4.69, 9.17) is 11.5 Å². The number of rotatable bonds is 0. The second-order valence-corrected chi connectivity index (χ2v) is 4.52. The van der Waals surface area contributed by atoms with Gasteiger partial charge >= 0.3 is 0 Å². The Labute approximate surface area is 67.6 Å². The monoisotopic (exact) mass is 152 g/mol. The van der Waals surface area contributed by atoms with E-state index in [9.17, 15) is 0 Å². The lowest BCUT2D eigenvalue weighted by molar-refractivity contribution is 0.329. The Morgan fingerprint density at radius 1 is 1.45 bits per heavy atom. The molecule has 2 rings (SSSR count). The molecular weight excluding hydrogens is 136 g/mol. The quantitative estimate of drug-likeness (QED) is 0.507. The molecule has 0 aromatic rings. The topological polar surface area (TPSA) is 52.0 Å². The molecule has 0 aliphatic heterocycles. The summed E-state index contributed by atoms with van der Waals surface area (Å²) < 4.78 is 0. The molecule has 1 saturated carbocycles. The van der Waals surface area contributed by atoms with Gasteiger partial charge in [0.2, 0.25) is 0 Å². The van der Waals surface area contributed by atoms with Crippen molar-refractivity contribution in [1.29, 1.82) is 0 Å². The Hall–Kier alpha value is -0.340. The van der Waals surface area contributed by atoms with Crippen LogP contribution in [0.15, 0.2) is 11.6 Å². The Morgan fingerprint density at radius 2 is 2.18 bits per heavy atom. The zero-order valence-corrected chi connectivity index (χ0v) is 7.06. The minimum absolute atomic E-state index is 0.0353. The summed E-state index contributed by atoms with van der Waals surface area (Å²) in [5.74, 6) is 0. The number of hydrogen-bond acceptors (Lipinski definition) is 2. The minimum Gasteiger partial charge on any atom is -0.325 e. The maximum Gasteiger partial charge on any atom is 0.0330 e. The van der Waals surface area contributed by atoms with Crippen molar-refractivity contribution in [3.63, 3.8) is 0 Å². The summed E-state index contributed by atoms with van der Waals surface area (Å²) in [7, 11) is 0. The van der Waals surface area contributed by atoms with Gasteiger partial charge in [-0.05, 0) is 32.6 Å². The molecule has 0 aromatic carbocycles. The Balaban J connectivity index is 2.34. The lowest BCUT2D eigenvalue weighted by atomic mass is 9.79. The first kappa shape index (κ1) is 7.32. The van der Waals surface area contributed by atoms with Crippen LogP contribution in [0.25, 0.3) is 0 Å². The van der Waals surface area contributed by atoms with E-state index in [0.717, 1.165) is 19.3 Å². The largest absolute Gasteiger partial charge is 0.325 e. The third-order valence-electron chi connectivity index (χ3n) is 2.79. The summed E-state index contributed by atoms with van der Waals surface area (Å²) in [5, 5.41) is 0. The molecule has 2 atom stereocenters. The van der Waals surface area contributed by atoms with Crippen LogP contribution < -0.4 is 11.5 Å². The Bertz CT molecular complexity index is 218. The molecule has 0 spiro atoms. The molecule has 0 amide bonds.